The number of tetrazole rings is 1. The molecular formula is C10H21N5. The van der Waals surface area contributed by atoms with Crippen LogP contribution in [0.25, 0.3) is 0 Å². The largest absolute Gasteiger partial charge is 0.311 e. The van der Waals surface area contributed by atoms with Gasteiger partial charge in [-0.1, -0.05) is 13.8 Å². The summed E-state index contributed by atoms with van der Waals surface area (Å²) in [6, 6.07) is 0.207. The zero-order valence-electron chi connectivity index (χ0n) is 10.1. The molecule has 0 aliphatic rings. The monoisotopic (exact) mass is 211 g/mol. The molecule has 1 aromatic heterocycles. The first-order valence-corrected chi connectivity index (χ1v) is 5.58. The second kappa shape index (κ2) is 5.80. The molecular weight excluding hydrogens is 190 g/mol. The highest BCUT2D eigenvalue weighted by Gasteiger charge is 2.11. The van der Waals surface area contributed by atoms with Crippen molar-refractivity contribution in [2.75, 3.05) is 7.05 Å². The van der Waals surface area contributed by atoms with Crippen LogP contribution >= 0.6 is 0 Å². The molecule has 0 spiro atoms. The molecule has 0 aromatic carbocycles. The molecule has 1 N–H and O–H groups in total. The van der Waals surface area contributed by atoms with Crippen LogP contribution in [0.3, 0.4) is 0 Å². The van der Waals surface area contributed by atoms with Crippen molar-refractivity contribution in [3.63, 3.8) is 0 Å². The Bertz CT molecular complexity index is 281. The molecule has 15 heavy (non-hydrogen) atoms. The van der Waals surface area contributed by atoms with E-state index in [0.717, 1.165) is 24.7 Å². The summed E-state index contributed by atoms with van der Waals surface area (Å²) < 4.78 is 1.89. The molecule has 0 radical (unpaired) electrons. The third-order valence-electron chi connectivity index (χ3n) is 2.53. The Kier molecular flexibility index (Phi) is 4.68. The lowest BCUT2D eigenvalue weighted by molar-refractivity contribution is 0.455. The van der Waals surface area contributed by atoms with Gasteiger partial charge < -0.3 is 5.32 Å². The minimum Gasteiger partial charge on any atom is -0.311 e. The van der Waals surface area contributed by atoms with Crippen LogP contribution in [0.1, 0.15) is 45.5 Å². The second-order valence-corrected chi connectivity index (χ2v) is 4.31. The van der Waals surface area contributed by atoms with Crippen molar-refractivity contribution in [2.24, 2.45) is 5.92 Å². The van der Waals surface area contributed by atoms with E-state index in [0.29, 0.717) is 0 Å². The Morgan fingerprint density at radius 3 is 2.67 bits per heavy atom. The molecule has 86 valence electrons. The fraction of sp³-hybridized carbons (Fsp3) is 0.900. The van der Waals surface area contributed by atoms with Crippen molar-refractivity contribution in [1.29, 1.82) is 0 Å². The lowest BCUT2D eigenvalue weighted by Gasteiger charge is -2.10. The molecule has 0 aliphatic heterocycles. The Morgan fingerprint density at radius 2 is 2.07 bits per heavy atom. The molecule has 1 atom stereocenters. The number of rotatable bonds is 6. The van der Waals surface area contributed by atoms with Crippen LogP contribution in [0.5, 0.6) is 0 Å². The van der Waals surface area contributed by atoms with E-state index in [1.165, 1.54) is 6.42 Å². The quantitative estimate of drug-likeness (QED) is 0.772. The first-order valence-electron chi connectivity index (χ1n) is 5.58. The van der Waals surface area contributed by atoms with Crippen molar-refractivity contribution in [1.82, 2.24) is 25.5 Å². The van der Waals surface area contributed by atoms with Crippen molar-refractivity contribution in [3.8, 4) is 0 Å². The summed E-state index contributed by atoms with van der Waals surface area (Å²) in [5.74, 6) is 1.66. The van der Waals surface area contributed by atoms with Crippen LogP contribution < -0.4 is 5.32 Å². The second-order valence-electron chi connectivity index (χ2n) is 4.31. The summed E-state index contributed by atoms with van der Waals surface area (Å²) in [5.41, 5.74) is 0. The summed E-state index contributed by atoms with van der Waals surface area (Å²) in [7, 11) is 1.91. The minimum atomic E-state index is 0.207. The summed E-state index contributed by atoms with van der Waals surface area (Å²) in [6.07, 6.45) is 2.35. The molecule has 0 bridgehead atoms. The minimum absolute atomic E-state index is 0.207. The van der Waals surface area contributed by atoms with Gasteiger partial charge in [0.1, 0.15) is 0 Å². The molecule has 0 fully saturated rings. The van der Waals surface area contributed by atoms with E-state index < -0.39 is 0 Å². The molecule has 1 heterocycles. The Balaban J connectivity index is 2.50. The number of hydrogen-bond donors (Lipinski definition) is 1. The lowest BCUT2D eigenvalue weighted by Crippen LogP contribution is -2.18. The normalized spacial score (nSPS) is 13.4. The summed E-state index contributed by atoms with van der Waals surface area (Å²) >= 11 is 0. The first kappa shape index (κ1) is 12.1. The topological polar surface area (TPSA) is 55.6 Å². The molecule has 5 nitrogen and oxygen atoms in total. The van der Waals surface area contributed by atoms with E-state index in [-0.39, 0.29) is 6.04 Å². The standard InChI is InChI=1S/C10H21N5/c1-8(2)6-5-7-15-10(9(3)11-4)12-13-14-15/h8-9,11H,5-7H2,1-4H3. The highest BCUT2D eigenvalue weighted by atomic mass is 15.5. The highest BCUT2D eigenvalue weighted by molar-refractivity contribution is 4.88. The van der Waals surface area contributed by atoms with E-state index in [2.05, 4.69) is 41.6 Å². The Morgan fingerprint density at radius 1 is 1.33 bits per heavy atom. The molecule has 1 unspecified atom stereocenters. The van der Waals surface area contributed by atoms with E-state index in [4.69, 9.17) is 0 Å². The van der Waals surface area contributed by atoms with Gasteiger partial charge in [0.2, 0.25) is 0 Å². The van der Waals surface area contributed by atoms with Gasteiger partial charge in [-0.05, 0) is 43.2 Å². The smallest absolute Gasteiger partial charge is 0.167 e. The number of nitrogens with zero attached hydrogens (tertiary/aromatic N) is 4. The van der Waals surface area contributed by atoms with Crippen molar-refractivity contribution < 1.29 is 0 Å². The van der Waals surface area contributed by atoms with Crippen LogP contribution in [-0.4, -0.2) is 27.3 Å². The average Bonchev–Trinajstić information content (AvgIpc) is 2.64. The molecule has 0 aliphatic carbocycles. The van der Waals surface area contributed by atoms with Crippen LogP contribution in [0.2, 0.25) is 0 Å². The lowest BCUT2D eigenvalue weighted by atomic mass is 10.1. The number of nitrogens with one attached hydrogen (secondary N) is 1. The van der Waals surface area contributed by atoms with Gasteiger partial charge in [-0.2, -0.15) is 0 Å². The summed E-state index contributed by atoms with van der Waals surface area (Å²) in [4.78, 5) is 0. The SMILES string of the molecule is CNC(C)c1nnnn1CCCC(C)C. The fourth-order valence-electron chi connectivity index (χ4n) is 1.46. The maximum atomic E-state index is 4.02. The van der Waals surface area contributed by atoms with Crippen LogP contribution in [0.4, 0.5) is 0 Å². The molecule has 0 saturated heterocycles. The zero-order valence-corrected chi connectivity index (χ0v) is 10.1. The molecule has 0 saturated carbocycles. The van der Waals surface area contributed by atoms with Crippen molar-refractivity contribution in [3.05, 3.63) is 5.82 Å². The van der Waals surface area contributed by atoms with Gasteiger partial charge in [0.25, 0.3) is 0 Å². The number of aryl methyl sites for hydroxylation is 1. The summed E-state index contributed by atoms with van der Waals surface area (Å²) in [6.45, 7) is 7.44. The van der Waals surface area contributed by atoms with Crippen LogP contribution in [0, 0.1) is 5.92 Å². The first-order chi connectivity index (χ1) is 7.15. The molecule has 1 aromatic rings. The van der Waals surface area contributed by atoms with E-state index >= 15 is 0 Å². The third-order valence-corrected chi connectivity index (χ3v) is 2.53. The van der Waals surface area contributed by atoms with Gasteiger partial charge in [0.05, 0.1) is 6.04 Å². The van der Waals surface area contributed by atoms with Gasteiger partial charge >= 0.3 is 0 Å². The summed E-state index contributed by atoms with van der Waals surface area (Å²) in [5, 5.41) is 14.9. The number of aromatic nitrogens is 4. The third kappa shape index (κ3) is 3.58. The van der Waals surface area contributed by atoms with Gasteiger partial charge in [-0.15, -0.1) is 5.10 Å². The maximum Gasteiger partial charge on any atom is 0.167 e. The average molecular weight is 211 g/mol. The highest BCUT2D eigenvalue weighted by Crippen LogP contribution is 2.09. The maximum absolute atomic E-state index is 4.02. The number of hydrogen-bond acceptors (Lipinski definition) is 4. The van der Waals surface area contributed by atoms with E-state index in [1.807, 2.05) is 11.7 Å². The van der Waals surface area contributed by atoms with Gasteiger partial charge in [0.15, 0.2) is 5.82 Å². The van der Waals surface area contributed by atoms with Crippen LogP contribution in [0.15, 0.2) is 0 Å². The zero-order chi connectivity index (χ0) is 11.3. The van der Waals surface area contributed by atoms with Crippen molar-refractivity contribution >= 4 is 0 Å². The van der Waals surface area contributed by atoms with Gasteiger partial charge in [-0.25, -0.2) is 4.68 Å². The van der Waals surface area contributed by atoms with E-state index in [1.54, 1.807) is 0 Å². The van der Waals surface area contributed by atoms with Gasteiger partial charge in [0, 0.05) is 6.54 Å². The fourth-order valence-corrected chi connectivity index (χ4v) is 1.46. The Hall–Kier alpha value is -0.970. The predicted octanol–water partition coefficient (Wildman–Crippen LogP) is 1.39. The van der Waals surface area contributed by atoms with Crippen molar-refractivity contribution in [2.45, 2.75) is 46.2 Å². The van der Waals surface area contributed by atoms with E-state index in [9.17, 15) is 0 Å². The van der Waals surface area contributed by atoms with Crippen LogP contribution in [-0.2, 0) is 6.54 Å². The molecule has 0 amide bonds. The predicted molar refractivity (Wildman–Crippen MR) is 59.4 cm³/mol. The Labute approximate surface area is 91.2 Å². The molecule has 1 rings (SSSR count). The molecule has 5 heteroatoms. The van der Waals surface area contributed by atoms with Gasteiger partial charge in [-0.3, -0.25) is 0 Å².